The van der Waals surface area contributed by atoms with Gasteiger partial charge in [0.25, 0.3) is 0 Å². The fraction of sp³-hybridized carbons (Fsp3) is 0.588. The molecule has 2 aromatic heterocycles. The Labute approximate surface area is 144 Å². The van der Waals surface area contributed by atoms with E-state index in [-0.39, 0.29) is 0 Å². The third kappa shape index (κ3) is 6.06. The van der Waals surface area contributed by atoms with Crippen molar-refractivity contribution < 1.29 is 0 Å². The number of hydrogen-bond donors (Lipinski definition) is 2. The maximum absolute atomic E-state index is 4.63. The van der Waals surface area contributed by atoms with Gasteiger partial charge in [-0.1, -0.05) is 0 Å². The Morgan fingerprint density at radius 2 is 2.08 bits per heavy atom. The highest BCUT2D eigenvalue weighted by Crippen LogP contribution is 2.02. The summed E-state index contributed by atoms with van der Waals surface area (Å²) >= 11 is 0. The van der Waals surface area contributed by atoms with E-state index < -0.39 is 0 Å². The summed E-state index contributed by atoms with van der Waals surface area (Å²) in [4.78, 5) is 4.63. The molecular weight excluding hydrogens is 302 g/mol. The lowest BCUT2D eigenvalue weighted by atomic mass is 10.4. The summed E-state index contributed by atoms with van der Waals surface area (Å²) in [7, 11) is 0. The first kappa shape index (κ1) is 18.0. The molecule has 0 aliphatic rings. The Bertz CT molecular complexity index is 613. The molecule has 0 spiro atoms. The molecule has 0 amide bonds. The fourth-order valence-electron chi connectivity index (χ4n) is 2.53. The predicted octanol–water partition coefficient (Wildman–Crippen LogP) is 1.73. The van der Waals surface area contributed by atoms with E-state index in [2.05, 4.69) is 50.4 Å². The van der Waals surface area contributed by atoms with Gasteiger partial charge in [-0.25, -0.2) is 0 Å². The summed E-state index contributed by atoms with van der Waals surface area (Å²) in [5.41, 5.74) is 2.28. The van der Waals surface area contributed by atoms with Crippen LogP contribution in [0.4, 0.5) is 0 Å². The van der Waals surface area contributed by atoms with Gasteiger partial charge in [0.2, 0.25) is 0 Å². The van der Waals surface area contributed by atoms with E-state index in [1.165, 1.54) is 5.69 Å². The SMILES string of the molecule is CCNC(=NCCCn1nc(C)cc1C)NCCCn1cccn1. The largest absolute Gasteiger partial charge is 0.357 e. The first-order valence-electron chi connectivity index (χ1n) is 8.69. The second kappa shape index (κ2) is 9.75. The minimum atomic E-state index is 0.785. The summed E-state index contributed by atoms with van der Waals surface area (Å²) in [5, 5.41) is 15.3. The zero-order valence-corrected chi connectivity index (χ0v) is 15.0. The van der Waals surface area contributed by atoms with Crippen LogP contribution in [-0.2, 0) is 13.1 Å². The Hall–Kier alpha value is -2.31. The quantitative estimate of drug-likeness (QED) is 0.417. The third-order valence-corrected chi connectivity index (χ3v) is 3.66. The van der Waals surface area contributed by atoms with E-state index >= 15 is 0 Å². The van der Waals surface area contributed by atoms with Crippen LogP contribution in [0, 0.1) is 13.8 Å². The van der Waals surface area contributed by atoms with Gasteiger partial charge < -0.3 is 10.6 Å². The highest BCUT2D eigenvalue weighted by molar-refractivity contribution is 5.79. The predicted molar refractivity (Wildman–Crippen MR) is 97.1 cm³/mol. The minimum absolute atomic E-state index is 0.785. The van der Waals surface area contributed by atoms with Crippen LogP contribution >= 0.6 is 0 Å². The number of hydrogen-bond acceptors (Lipinski definition) is 3. The van der Waals surface area contributed by atoms with Crippen LogP contribution in [0.3, 0.4) is 0 Å². The molecule has 7 heteroatoms. The Morgan fingerprint density at radius 3 is 2.75 bits per heavy atom. The molecule has 0 saturated carbocycles. The van der Waals surface area contributed by atoms with Crippen LogP contribution in [0.2, 0.25) is 0 Å². The highest BCUT2D eigenvalue weighted by atomic mass is 15.3. The first-order chi connectivity index (χ1) is 11.7. The number of nitrogens with zero attached hydrogens (tertiary/aromatic N) is 5. The maximum Gasteiger partial charge on any atom is 0.191 e. The van der Waals surface area contributed by atoms with Gasteiger partial charge in [0.05, 0.1) is 5.69 Å². The van der Waals surface area contributed by atoms with Crippen molar-refractivity contribution in [1.82, 2.24) is 30.2 Å². The van der Waals surface area contributed by atoms with Crippen LogP contribution < -0.4 is 10.6 Å². The lowest BCUT2D eigenvalue weighted by Gasteiger charge is -2.11. The fourth-order valence-corrected chi connectivity index (χ4v) is 2.53. The molecule has 0 aromatic carbocycles. The van der Waals surface area contributed by atoms with E-state index in [0.717, 1.165) is 57.2 Å². The standard InChI is InChI=1S/C17H29N7/c1-4-18-17(19-8-5-11-23-12-7-10-21-23)20-9-6-13-24-16(3)14-15(2)22-24/h7,10,12,14H,4-6,8-9,11,13H2,1-3H3,(H2,18,19,20). The van der Waals surface area contributed by atoms with E-state index in [1.54, 1.807) is 0 Å². The first-order valence-corrected chi connectivity index (χ1v) is 8.69. The molecule has 24 heavy (non-hydrogen) atoms. The summed E-state index contributed by atoms with van der Waals surface area (Å²) in [6.45, 7) is 10.5. The molecule has 0 radical (unpaired) electrons. The van der Waals surface area contributed by atoms with Crippen LogP contribution in [0.1, 0.15) is 31.2 Å². The van der Waals surface area contributed by atoms with Gasteiger partial charge in [0.1, 0.15) is 0 Å². The van der Waals surface area contributed by atoms with Crippen LogP contribution in [0.15, 0.2) is 29.5 Å². The second-order valence-corrected chi connectivity index (χ2v) is 5.81. The van der Waals surface area contributed by atoms with Gasteiger partial charge >= 0.3 is 0 Å². The van der Waals surface area contributed by atoms with Crippen molar-refractivity contribution in [3.63, 3.8) is 0 Å². The topological polar surface area (TPSA) is 72.1 Å². The molecule has 132 valence electrons. The highest BCUT2D eigenvalue weighted by Gasteiger charge is 2.01. The lowest BCUT2D eigenvalue weighted by molar-refractivity contribution is 0.562. The molecule has 0 unspecified atom stereocenters. The summed E-state index contributed by atoms with van der Waals surface area (Å²) < 4.78 is 4.00. The van der Waals surface area contributed by atoms with Crippen LogP contribution in [0.5, 0.6) is 0 Å². The molecule has 0 fully saturated rings. The van der Waals surface area contributed by atoms with Crippen LogP contribution in [0.25, 0.3) is 0 Å². The summed E-state index contributed by atoms with van der Waals surface area (Å²) in [6, 6.07) is 4.05. The molecule has 2 rings (SSSR count). The Balaban J connectivity index is 1.68. The van der Waals surface area contributed by atoms with Crippen molar-refractivity contribution in [2.75, 3.05) is 19.6 Å². The van der Waals surface area contributed by atoms with Gasteiger partial charge in [-0.15, -0.1) is 0 Å². The van der Waals surface area contributed by atoms with Gasteiger partial charge in [0, 0.05) is 50.8 Å². The number of aromatic nitrogens is 4. The average molecular weight is 331 g/mol. The molecule has 0 aliphatic carbocycles. The smallest absolute Gasteiger partial charge is 0.191 e. The number of rotatable bonds is 9. The van der Waals surface area contributed by atoms with E-state index in [1.807, 2.05) is 30.1 Å². The maximum atomic E-state index is 4.63. The van der Waals surface area contributed by atoms with Gasteiger partial charge in [-0.2, -0.15) is 10.2 Å². The summed E-state index contributed by atoms with van der Waals surface area (Å²) in [6.07, 6.45) is 5.78. The van der Waals surface area contributed by atoms with Gasteiger partial charge in [-0.3, -0.25) is 14.4 Å². The molecule has 0 bridgehead atoms. The van der Waals surface area contributed by atoms with Crippen LogP contribution in [-0.4, -0.2) is 45.2 Å². The molecule has 0 atom stereocenters. The molecular formula is C17H29N7. The molecule has 2 aromatic rings. The Kier molecular flexibility index (Phi) is 7.32. The number of aryl methyl sites for hydroxylation is 4. The van der Waals surface area contributed by atoms with E-state index in [0.29, 0.717) is 0 Å². The second-order valence-electron chi connectivity index (χ2n) is 5.81. The number of aliphatic imine (C=N–C) groups is 1. The Morgan fingerprint density at radius 1 is 1.21 bits per heavy atom. The molecule has 7 nitrogen and oxygen atoms in total. The molecule has 0 aliphatic heterocycles. The van der Waals surface area contributed by atoms with E-state index in [9.17, 15) is 0 Å². The zero-order valence-electron chi connectivity index (χ0n) is 15.0. The zero-order chi connectivity index (χ0) is 17.2. The number of guanidine groups is 1. The molecule has 0 saturated heterocycles. The third-order valence-electron chi connectivity index (χ3n) is 3.66. The average Bonchev–Trinajstić information content (AvgIpc) is 3.17. The van der Waals surface area contributed by atoms with Crippen molar-refractivity contribution >= 4 is 5.96 Å². The van der Waals surface area contributed by atoms with E-state index in [4.69, 9.17) is 0 Å². The van der Waals surface area contributed by atoms with Crippen molar-refractivity contribution in [3.8, 4) is 0 Å². The normalized spacial score (nSPS) is 11.7. The molecule has 2 N–H and O–H groups in total. The van der Waals surface area contributed by atoms with Crippen molar-refractivity contribution in [3.05, 3.63) is 35.9 Å². The van der Waals surface area contributed by atoms with Crippen molar-refractivity contribution in [1.29, 1.82) is 0 Å². The van der Waals surface area contributed by atoms with Crippen molar-refractivity contribution in [2.45, 2.75) is 46.7 Å². The number of nitrogens with one attached hydrogen (secondary N) is 2. The summed E-state index contributed by atoms with van der Waals surface area (Å²) in [5.74, 6) is 0.881. The minimum Gasteiger partial charge on any atom is -0.357 e. The lowest BCUT2D eigenvalue weighted by Crippen LogP contribution is -2.38. The van der Waals surface area contributed by atoms with Gasteiger partial charge in [-0.05, 0) is 45.7 Å². The van der Waals surface area contributed by atoms with Crippen molar-refractivity contribution in [2.24, 2.45) is 4.99 Å². The molecule has 2 heterocycles. The van der Waals surface area contributed by atoms with Gasteiger partial charge in [0.15, 0.2) is 5.96 Å². The monoisotopic (exact) mass is 331 g/mol.